The zero-order chi connectivity index (χ0) is 19.4. The third-order valence-electron chi connectivity index (χ3n) is 3.22. The number of aromatic hydroxyl groups is 1. The van der Waals surface area contributed by atoms with Gasteiger partial charge in [-0.1, -0.05) is 36.9 Å². The van der Waals surface area contributed by atoms with Crippen molar-refractivity contribution >= 4 is 18.0 Å². The number of hydrogen-bond donors (Lipinski definition) is 3. The lowest BCUT2D eigenvalue weighted by Crippen LogP contribution is -2.35. The fourth-order valence-electron chi connectivity index (χ4n) is 1.99. The minimum atomic E-state index is -0.519. The largest absolute Gasteiger partial charge is 0.507 e. The van der Waals surface area contributed by atoms with E-state index in [1.165, 1.54) is 18.4 Å². The van der Waals surface area contributed by atoms with Gasteiger partial charge >= 0.3 is 0 Å². The Bertz CT molecular complexity index is 786. The van der Waals surface area contributed by atoms with E-state index in [9.17, 15) is 14.7 Å². The van der Waals surface area contributed by atoms with E-state index in [0.717, 1.165) is 0 Å². The molecule has 6 heteroatoms. The number of nitrogens with one attached hydrogen (secondary N) is 2. The van der Waals surface area contributed by atoms with Gasteiger partial charge in [-0.3, -0.25) is 9.59 Å². The first-order chi connectivity index (χ1) is 12.5. The molecule has 0 fully saturated rings. The summed E-state index contributed by atoms with van der Waals surface area (Å²) in [6.45, 7) is 6.86. The molecule has 0 atom stereocenters. The van der Waals surface area contributed by atoms with Crippen LogP contribution in [0.2, 0.25) is 0 Å². The minimum absolute atomic E-state index is 0.0761. The van der Waals surface area contributed by atoms with Crippen LogP contribution >= 0.6 is 0 Å². The summed E-state index contributed by atoms with van der Waals surface area (Å²) >= 11 is 0. The van der Waals surface area contributed by atoms with Gasteiger partial charge in [0.05, 0.1) is 12.8 Å². The van der Waals surface area contributed by atoms with E-state index in [1.54, 1.807) is 24.3 Å². The van der Waals surface area contributed by atoms with Crippen LogP contribution in [0, 0.1) is 12.3 Å². The van der Waals surface area contributed by atoms with E-state index in [2.05, 4.69) is 34.9 Å². The molecule has 0 aliphatic heterocycles. The van der Waals surface area contributed by atoms with Gasteiger partial charge in [0.25, 0.3) is 5.91 Å². The van der Waals surface area contributed by atoms with Gasteiger partial charge in [-0.25, -0.2) is 5.43 Å². The van der Waals surface area contributed by atoms with Crippen LogP contribution in [-0.4, -0.2) is 29.7 Å². The summed E-state index contributed by atoms with van der Waals surface area (Å²) in [7, 11) is 0. The van der Waals surface area contributed by atoms with Crippen LogP contribution in [0.5, 0.6) is 5.75 Å². The Morgan fingerprint density at radius 3 is 2.77 bits per heavy atom. The van der Waals surface area contributed by atoms with Crippen molar-refractivity contribution in [2.24, 2.45) is 5.10 Å². The van der Waals surface area contributed by atoms with Crippen LogP contribution in [0.15, 0.2) is 60.3 Å². The van der Waals surface area contributed by atoms with E-state index < -0.39 is 11.8 Å². The maximum atomic E-state index is 11.9. The molecule has 1 aromatic carbocycles. The third kappa shape index (κ3) is 6.49. The minimum Gasteiger partial charge on any atom is -0.507 e. The highest BCUT2D eigenvalue weighted by Crippen LogP contribution is 2.21. The fraction of sp³-hybridized carbons (Fsp3) is 0.150. The molecule has 1 rings (SSSR count). The first kappa shape index (κ1) is 20.5. The van der Waals surface area contributed by atoms with E-state index in [0.29, 0.717) is 23.1 Å². The van der Waals surface area contributed by atoms with E-state index in [1.807, 2.05) is 0 Å². The molecule has 0 aromatic heterocycles. The molecule has 6 nitrogen and oxygen atoms in total. The molecule has 0 unspecified atom stereocenters. The van der Waals surface area contributed by atoms with Crippen LogP contribution in [0.3, 0.4) is 0 Å². The zero-order valence-electron chi connectivity index (χ0n) is 14.4. The number of para-hydroxylation sites is 1. The lowest BCUT2D eigenvalue weighted by molar-refractivity contribution is -0.124. The predicted molar refractivity (Wildman–Crippen MR) is 102 cm³/mol. The summed E-state index contributed by atoms with van der Waals surface area (Å²) in [5.74, 6) is 1.47. The number of phenols is 1. The van der Waals surface area contributed by atoms with E-state index in [4.69, 9.17) is 6.42 Å². The Hall–Kier alpha value is -3.59. The summed E-state index contributed by atoms with van der Waals surface area (Å²) in [5, 5.41) is 16.3. The van der Waals surface area contributed by atoms with Gasteiger partial charge in [0.2, 0.25) is 5.91 Å². The Labute approximate surface area is 153 Å². The SMILES string of the molecule is C#CC/C(=C\C=C)C(=O)NCC(=O)N/N=C/c1cccc(CC=C)c1O. The van der Waals surface area contributed by atoms with Crippen molar-refractivity contribution in [3.63, 3.8) is 0 Å². The van der Waals surface area contributed by atoms with E-state index >= 15 is 0 Å². The Morgan fingerprint density at radius 1 is 1.35 bits per heavy atom. The summed E-state index contributed by atoms with van der Waals surface area (Å²) in [6, 6.07) is 5.19. The highest BCUT2D eigenvalue weighted by atomic mass is 16.3. The smallest absolute Gasteiger partial charge is 0.259 e. The molecule has 26 heavy (non-hydrogen) atoms. The van der Waals surface area contributed by atoms with Crippen LogP contribution < -0.4 is 10.7 Å². The number of nitrogens with zero attached hydrogens (tertiary/aromatic N) is 1. The molecular formula is C20H21N3O3. The average Bonchev–Trinajstić information content (AvgIpc) is 2.62. The molecule has 0 aliphatic carbocycles. The van der Waals surface area contributed by atoms with E-state index in [-0.39, 0.29) is 18.7 Å². The Kier molecular flexibility index (Phi) is 8.69. The number of terminal acetylenes is 1. The van der Waals surface area contributed by atoms with Gasteiger partial charge < -0.3 is 10.4 Å². The Balaban J connectivity index is 2.58. The van der Waals surface area contributed by atoms with Crippen molar-refractivity contribution in [2.45, 2.75) is 12.8 Å². The summed E-state index contributed by atoms with van der Waals surface area (Å²) in [5.41, 5.74) is 3.77. The topological polar surface area (TPSA) is 90.8 Å². The second-order valence-corrected chi connectivity index (χ2v) is 5.13. The van der Waals surface area contributed by atoms with Crippen molar-refractivity contribution < 1.29 is 14.7 Å². The normalized spacial score (nSPS) is 10.8. The second-order valence-electron chi connectivity index (χ2n) is 5.13. The number of phenolic OH excluding ortho intramolecular Hbond substituents is 1. The molecular weight excluding hydrogens is 330 g/mol. The lowest BCUT2D eigenvalue weighted by atomic mass is 10.1. The van der Waals surface area contributed by atoms with Gasteiger partial charge in [0.15, 0.2) is 0 Å². The van der Waals surface area contributed by atoms with Gasteiger partial charge in [-0.15, -0.1) is 18.9 Å². The van der Waals surface area contributed by atoms with Gasteiger partial charge in [0, 0.05) is 17.6 Å². The number of carbonyl (C=O) groups is 2. The van der Waals surface area contributed by atoms with Crippen LogP contribution in [0.25, 0.3) is 0 Å². The number of hydrogen-bond acceptors (Lipinski definition) is 4. The molecule has 0 aliphatic rings. The van der Waals surface area contributed by atoms with Gasteiger partial charge in [-0.2, -0.15) is 5.10 Å². The standard InChI is InChI=1S/C20H21N3O3/c1-4-8-15-11-7-12-17(19(15)25)13-22-23-18(24)14-21-20(26)16(9-5-2)10-6-3/h2,4,6-7,10-13,25H,1,3,8-9,14H2,(H,21,26)(H,23,24)/b16-10+,22-13+. The van der Waals surface area contributed by atoms with Crippen molar-refractivity contribution in [1.82, 2.24) is 10.7 Å². The third-order valence-corrected chi connectivity index (χ3v) is 3.22. The van der Waals surface area contributed by atoms with Crippen molar-refractivity contribution in [3.8, 4) is 18.1 Å². The number of allylic oxidation sites excluding steroid dienone is 3. The van der Waals surface area contributed by atoms with Crippen LogP contribution in [0.1, 0.15) is 17.5 Å². The maximum Gasteiger partial charge on any atom is 0.259 e. The van der Waals surface area contributed by atoms with Crippen molar-refractivity contribution in [1.29, 1.82) is 0 Å². The molecule has 0 bridgehead atoms. The predicted octanol–water partition coefficient (Wildman–Crippen LogP) is 1.82. The molecule has 0 radical (unpaired) electrons. The molecule has 0 saturated carbocycles. The maximum absolute atomic E-state index is 11.9. The molecule has 3 N–H and O–H groups in total. The average molecular weight is 351 g/mol. The first-order valence-corrected chi connectivity index (χ1v) is 7.80. The second kappa shape index (κ2) is 11.0. The fourth-order valence-corrected chi connectivity index (χ4v) is 1.99. The lowest BCUT2D eigenvalue weighted by Gasteiger charge is -2.06. The molecule has 1 aromatic rings. The summed E-state index contributed by atoms with van der Waals surface area (Å²) in [4.78, 5) is 23.6. The van der Waals surface area contributed by atoms with Crippen LogP contribution in [-0.2, 0) is 16.0 Å². The number of carbonyl (C=O) groups excluding carboxylic acids is 2. The Morgan fingerprint density at radius 2 is 2.12 bits per heavy atom. The van der Waals surface area contributed by atoms with Crippen LogP contribution in [0.4, 0.5) is 0 Å². The monoisotopic (exact) mass is 351 g/mol. The molecule has 0 saturated heterocycles. The molecule has 0 heterocycles. The molecule has 2 amide bonds. The highest BCUT2D eigenvalue weighted by Gasteiger charge is 2.09. The summed E-state index contributed by atoms with van der Waals surface area (Å²) < 4.78 is 0. The quantitative estimate of drug-likeness (QED) is 0.158. The van der Waals surface area contributed by atoms with Gasteiger partial charge in [0.1, 0.15) is 5.75 Å². The number of hydrazone groups is 1. The number of amides is 2. The number of benzene rings is 1. The zero-order valence-corrected chi connectivity index (χ0v) is 14.4. The van der Waals surface area contributed by atoms with Crippen molar-refractivity contribution in [2.75, 3.05) is 6.54 Å². The first-order valence-electron chi connectivity index (χ1n) is 7.80. The summed E-state index contributed by atoms with van der Waals surface area (Å²) in [6.07, 6.45) is 11.8. The highest BCUT2D eigenvalue weighted by molar-refractivity contribution is 5.96. The van der Waals surface area contributed by atoms with Crippen molar-refractivity contribution in [3.05, 3.63) is 66.3 Å². The molecule has 0 spiro atoms. The van der Waals surface area contributed by atoms with Gasteiger partial charge in [-0.05, 0) is 18.1 Å². The molecule has 134 valence electrons. The number of rotatable bonds is 9.